The zero-order chi connectivity index (χ0) is 14.8. The number of aliphatic hydroxyl groups is 1. The van der Waals surface area contributed by atoms with Crippen molar-refractivity contribution in [1.29, 1.82) is 0 Å². The summed E-state index contributed by atoms with van der Waals surface area (Å²) in [5, 5.41) is 15.2. The Bertz CT molecular complexity index is 579. The van der Waals surface area contributed by atoms with E-state index in [0.717, 1.165) is 24.0 Å². The minimum absolute atomic E-state index is 0.402. The molecule has 1 N–H and O–H groups in total. The maximum Gasteiger partial charge on any atom is 0.141 e. The van der Waals surface area contributed by atoms with Gasteiger partial charge in [0.1, 0.15) is 11.4 Å². The van der Waals surface area contributed by atoms with E-state index in [1.165, 1.54) is 12.1 Å². The third-order valence-corrected chi connectivity index (χ3v) is 3.65. The van der Waals surface area contributed by atoms with Gasteiger partial charge in [-0.3, -0.25) is 9.67 Å². The van der Waals surface area contributed by atoms with Crippen LogP contribution in [0.25, 0.3) is 0 Å². The molecule has 0 saturated heterocycles. The molecule has 0 fully saturated rings. The second kappa shape index (κ2) is 5.71. The Labute approximate surface area is 118 Å². The van der Waals surface area contributed by atoms with Crippen LogP contribution in [0.4, 0.5) is 4.39 Å². The lowest BCUT2D eigenvalue weighted by molar-refractivity contribution is 0.0264. The van der Waals surface area contributed by atoms with E-state index in [2.05, 4.69) is 10.1 Å². The van der Waals surface area contributed by atoms with E-state index in [4.69, 9.17) is 0 Å². The Hall–Kier alpha value is -1.75. The molecule has 0 bridgehead atoms. The molecule has 0 aliphatic carbocycles. The first-order chi connectivity index (χ1) is 9.48. The molecular weight excluding hydrogens is 257 g/mol. The minimum Gasteiger partial charge on any atom is -0.383 e. The maximum absolute atomic E-state index is 13.0. The summed E-state index contributed by atoms with van der Waals surface area (Å²) in [5.41, 5.74) is 1.32. The molecule has 2 aromatic heterocycles. The number of nitrogens with zero attached hydrogens (tertiary/aromatic N) is 3. The molecule has 0 radical (unpaired) electrons. The van der Waals surface area contributed by atoms with Gasteiger partial charge in [0.05, 0.1) is 17.6 Å². The van der Waals surface area contributed by atoms with Crippen LogP contribution in [0.1, 0.15) is 37.4 Å². The number of aromatic nitrogens is 3. The highest BCUT2D eigenvalue weighted by Gasteiger charge is 2.30. The van der Waals surface area contributed by atoms with Gasteiger partial charge in [-0.15, -0.1) is 0 Å². The molecule has 4 nitrogen and oxygen atoms in total. The fourth-order valence-corrected chi connectivity index (χ4v) is 2.26. The van der Waals surface area contributed by atoms with E-state index in [9.17, 15) is 9.50 Å². The summed E-state index contributed by atoms with van der Waals surface area (Å²) < 4.78 is 14.7. The van der Waals surface area contributed by atoms with Crippen molar-refractivity contribution < 1.29 is 9.50 Å². The number of rotatable bonds is 5. The summed E-state index contributed by atoms with van der Waals surface area (Å²) in [6.07, 6.45) is 2.90. The maximum atomic E-state index is 13.0. The van der Waals surface area contributed by atoms with Crippen LogP contribution in [0, 0.1) is 5.82 Å². The lowest BCUT2D eigenvalue weighted by Crippen LogP contribution is -2.30. The lowest BCUT2D eigenvalue weighted by atomic mass is 9.90. The summed E-state index contributed by atoms with van der Waals surface area (Å²) in [7, 11) is 1.86. The van der Waals surface area contributed by atoms with Crippen molar-refractivity contribution in [2.45, 2.75) is 38.7 Å². The molecule has 2 heterocycles. The smallest absolute Gasteiger partial charge is 0.141 e. The standard InChI is InChI=1S/C15H20FN3O/c1-4-12-8-13(19(3)18-12)9-15(20,5-2)14-7-6-11(16)10-17-14/h6-8,10,20H,4-5,9H2,1-3H3. The van der Waals surface area contributed by atoms with E-state index in [1.807, 2.05) is 27.0 Å². The van der Waals surface area contributed by atoms with Crippen molar-refractivity contribution in [3.63, 3.8) is 0 Å². The second-order valence-electron chi connectivity index (χ2n) is 5.03. The predicted octanol–water partition coefficient (Wildman–Crippen LogP) is 2.36. The predicted molar refractivity (Wildman–Crippen MR) is 74.7 cm³/mol. The average molecular weight is 277 g/mol. The van der Waals surface area contributed by atoms with Gasteiger partial charge in [0.2, 0.25) is 0 Å². The Morgan fingerprint density at radius 1 is 1.35 bits per heavy atom. The van der Waals surface area contributed by atoms with Crippen LogP contribution in [0.15, 0.2) is 24.4 Å². The molecule has 2 aromatic rings. The molecule has 0 aliphatic rings. The average Bonchev–Trinajstić information content (AvgIpc) is 2.79. The van der Waals surface area contributed by atoms with E-state index in [-0.39, 0.29) is 0 Å². The third-order valence-electron chi connectivity index (χ3n) is 3.65. The largest absolute Gasteiger partial charge is 0.383 e. The SMILES string of the molecule is CCc1cc(CC(O)(CC)c2ccc(F)cn2)n(C)n1. The number of aryl methyl sites for hydroxylation is 2. The molecule has 0 aliphatic heterocycles. The van der Waals surface area contributed by atoms with Gasteiger partial charge in [-0.1, -0.05) is 13.8 Å². The molecule has 5 heteroatoms. The highest BCUT2D eigenvalue weighted by molar-refractivity contribution is 5.19. The lowest BCUT2D eigenvalue weighted by Gasteiger charge is -2.26. The molecule has 0 aromatic carbocycles. The summed E-state index contributed by atoms with van der Waals surface area (Å²) in [6.45, 7) is 3.93. The van der Waals surface area contributed by atoms with Gasteiger partial charge >= 0.3 is 0 Å². The molecular formula is C15H20FN3O. The monoisotopic (exact) mass is 277 g/mol. The van der Waals surface area contributed by atoms with Crippen molar-refractivity contribution in [3.05, 3.63) is 47.3 Å². The Balaban J connectivity index is 2.31. The van der Waals surface area contributed by atoms with Gasteiger partial charge in [-0.05, 0) is 31.0 Å². The van der Waals surface area contributed by atoms with Gasteiger partial charge in [0.15, 0.2) is 0 Å². The van der Waals surface area contributed by atoms with Crippen LogP contribution in [0.5, 0.6) is 0 Å². The van der Waals surface area contributed by atoms with Gasteiger partial charge in [0, 0.05) is 19.2 Å². The van der Waals surface area contributed by atoms with E-state index in [1.54, 1.807) is 4.68 Å². The Morgan fingerprint density at radius 3 is 2.60 bits per heavy atom. The van der Waals surface area contributed by atoms with Crippen LogP contribution < -0.4 is 0 Å². The summed E-state index contributed by atoms with van der Waals surface area (Å²) in [6, 6.07) is 4.85. The number of pyridine rings is 1. The van der Waals surface area contributed by atoms with Crippen molar-refractivity contribution >= 4 is 0 Å². The number of halogens is 1. The highest BCUT2D eigenvalue weighted by atomic mass is 19.1. The molecule has 108 valence electrons. The molecule has 0 spiro atoms. The molecule has 2 rings (SSSR count). The van der Waals surface area contributed by atoms with E-state index >= 15 is 0 Å². The quantitative estimate of drug-likeness (QED) is 0.912. The zero-order valence-electron chi connectivity index (χ0n) is 12.1. The first-order valence-electron chi connectivity index (χ1n) is 6.84. The summed E-state index contributed by atoms with van der Waals surface area (Å²) >= 11 is 0. The Kier molecular flexibility index (Phi) is 4.18. The van der Waals surface area contributed by atoms with Gasteiger partial charge < -0.3 is 5.11 Å². The molecule has 1 atom stereocenters. The fraction of sp³-hybridized carbons (Fsp3) is 0.467. The first kappa shape index (κ1) is 14.7. The highest BCUT2D eigenvalue weighted by Crippen LogP contribution is 2.28. The normalized spacial score (nSPS) is 14.2. The van der Waals surface area contributed by atoms with Crippen LogP contribution in [0.2, 0.25) is 0 Å². The van der Waals surface area contributed by atoms with Crippen LogP contribution in [0.3, 0.4) is 0 Å². The summed E-state index contributed by atoms with van der Waals surface area (Å²) in [5.74, 6) is -0.402. The fourth-order valence-electron chi connectivity index (χ4n) is 2.26. The third kappa shape index (κ3) is 2.88. The zero-order valence-corrected chi connectivity index (χ0v) is 12.1. The second-order valence-corrected chi connectivity index (χ2v) is 5.03. The van der Waals surface area contributed by atoms with Gasteiger partial charge in [-0.25, -0.2) is 4.39 Å². The molecule has 0 amide bonds. The van der Waals surface area contributed by atoms with E-state index in [0.29, 0.717) is 18.5 Å². The Morgan fingerprint density at radius 2 is 2.10 bits per heavy atom. The van der Waals surface area contributed by atoms with Gasteiger partial charge in [-0.2, -0.15) is 5.10 Å². The van der Waals surface area contributed by atoms with E-state index < -0.39 is 11.4 Å². The van der Waals surface area contributed by atoms with Gasteiger partial charge in [0.25, 0.3) is 0 Å². The topological polar surface area (TPSA) is 50.9 Å². The van der Waals surface area contributed by atoms with Crippen LogP contribution >= 0.6 is 0 Å². The molecule has 1 unspecified atom stereocenters. The molecule has 0 saturated carbocycles. The van der Waals surface area contributed by atoms with Crippen molar-refractivity contribution in [2.75, 3.05) is 0 Å². The first-order valence-corrected chi connectivity index (χ1v) is 6.84. The minimum atomic E-state index is -1.10. The number of hydrogen-bond donors (Lipinski definition) is 1. The number of hydrogen-bond acceptors (Lipinski definition) is 3. The van der Waals surface area contributed by atoms with Crippen molar-refractivity contribution in [2.24, 2.45) is 7.05 Å². The van der Waals surface area contributed by atoms with Crippen molar-refractivity contribution in [1.82, 2.24) is 14.8 Å². The summed E-state index contributed by atoms with van der Waals surface area (Å²) in [4.78, 5) is 4.02. The van der Waals surface area contributed by atoms with Crippen molar-refractivity contribution in [3.8, 4) is 0 Å². The van der Waals surface area contributed by atoms with Crippen LogP contribution in [-0.2, 0) is 25.5 Å². The van der Waals surface area contributed by atoms with Crippen LogP contribution in [-0.4, -0.2) is 19.9 Å². The molecule has 20 heavy (non-hydrogen) atoms.